The Morgan fingerprint density at radius 2 is 1.79 bits per heavy atom. The summed E-state index contributed by atoms with van der Waals surface area (Å²) in [4.78, 5) is 23.7. The van der Waals surface area contributed by atoms with E-state index in [2.05, 4.69) is 10.5 Å². The van der Waals surface area contributed by atoms with E-state index in [1.54, 1.807) is 24.3 Å². The van der Waals surface area contributed by atoms with Crippen molar-refractivity contribution in [3.63, 3.8) is 0 Å². The number of aromatic carboxylic acids is 1. The molecule has 0 aliphatic rings. The molecule has 10 heteroatoms. The molecular formula is C19H21N3O6S. The van der Waals surface area contributed by atoms with Crippen LogP contribution in [0.15, 0.2) is 53.6 Å². The van der Waals surface area contributed by atoms with E-state index in [4.69, 9.17) is 9.84 Å². The highest BCUT2D eigenvalue weighted by molar-refractivity contribution is 7.92. The lowest BCUT2D eigenvalue weighted by atomic mass is 10.1. The van der Waals surface area contributed by atoms with Gasteiger partial charge in [-0.15, -0.1) is 0 Å². The zero-order valence-corrected chi connectivity index (χ0v) is 16.9. The quantitative estimate of drug-likeness (QED) is 0.496. The van der Waals surface area contributed by atoms with Gasteiger partial charge in [0.25, 0.3) is 5.91 Å². The van der Waals surface area contributed by atoms with Crippen molar-refractivity contribution < 1.29 is 27.9 Å². The molecule has 29 heavy (non-hydrogen) atoms. The highest BCUT2D eigenvalue weighted by atomic mass is 32.2. The lowest BCUT2D eigenvalue weighted by Crippen LogP contribution is -2.46. The van der Waals surface area contributed by atoms with Crippen LogP contribution < -0.4 is 14.5 Å². The van der Waals surface area contributed by atoms with Crippen LogP contribution in [0.2, 0.25) is 0 Å². The van der Waals surface area contributed by atoms with Crippen molar-refractivity contribution in [3.05, 3.63) is 59.7 Å². The van der Waals surface area contributed by atoms with Crippen molar-refractivity contribution in [2.45, 2.75) is 13.0 Å². The van der Waals surface area contributed by atoms with Gasteiger partial charge in [-0.25, -0.2) is 18.6 Å². The minimum atomic E-state index is -3.77. The Kier molecular flexibility index (Phi) is 6.94. The molecule has 2 aromatic carbocycles. The minimum absolute atomic E-state index is 0.0227. The first kappa shape index (κ1) is 21.9. The number of carboxylic acid groups (broad SMARTS) is 1. The Morgan fingerprint density at radius 3 is 2.34 bits per heavy atom. The maximum Gasteiger partial charge on any atom is 0.336 e. The van der Waals surface area contributed by atoms with Gasteiger partial charge in [0.1, 0.15) is 11.8 Å². The molecule has 0 bridgehead atoms. The molecule has 0 heterocycles. The predicted molar refractivity (Wildman–Crippen MR) is 109 cm³/mol. The summed E-state index contributed by atoms with van der Waals surface area (Å²) in [6.45, 7) is 1.42. The molecule has 0 saturated carbocycles. The van der Waals surface area contributed by atoms with Crippen LogP contribution in [0, 0.1) is 0 Å². The van der Waals surface area contributed by atoms with Gasteiger partial charge in [0.2, 0.25) is 10.0 Å². The van der Waals surface area contributed by atoms with Gasteiger partial charge < -0.3 is 9.84 Å². The molecule has 2 rings (SSSR count). The van der Waals surface area contributed by atoms with Crippen molar-refractivity contribution in [2.24, 2.45) is 5.10 Å². The fourth-order valence-corrected chi connectivity index (χ4v) is 3.78. The molecule has 0 aromatic heterocycles. The summed E-state index contributed by atoms with van der Waals surface area (Å²) in [5.41, 5.74) is 2.85. The third-order valence-electron chi connectivity index (χ3n) is 3.98. The number of carboxylic acids is 1. The number of nitrogens with one attached hydrogen (secondary N) is 1. The van der Waals surface area contributed by atoms with Crippen molar-refractivity contribution >= 4 is 33.8 Å². The number of anilines is 1. The molecule has 0 fully saturated rings. The van der Waals surface area contributed by atoms with E-state index in [9.17, 15) is 18.0 Å². The molecule has 0 radical (unpaired) electrons. The maximum absolute atomic E-state index is 12.5. The normalized spacial score (nSPS) is 12.4. The Bertz CT molecular complexity index is 1020. The average molecular weight is 419 g/mol. The topological polar surface area (TPSA) is 125 Å². The van der Waals surface area contributed by atoms with Gasteiger partial charge >= 0.3 is 5.97 Å². The van der Waals surface area contributed by atoms with Crippen LogP contribution in [-0.4, -0.2) is 51.0 Å². The zero-order valence-electron chi connectivity index (χ0n) is 16.1. The summed E-state index contributed by atoms with van der Waals surface area (Å²) in [6, 6.07) is 11.2. The van der Waals surface area contributed by atoms with Crippen molar-refractivity contribution in [3.8, 4) is 5.75 Å². The number of hydrogen-bond donors (Lipinski definition) is 2. The molecule has 9 nitrogen and oxygen atoms in total. The first-order valence-corrected chi connectivity index (χ1v) is 10.3. The molecule has 0 aliphatic heterocycles. The molecule has 154 valence electrons. The van der Waals surface area contributed by atoms with Crippen molar-refractivity contribution in [2.75, 3.05) is 17.7 Å². The molecule has 2 aromatic rings. The van der Waals surface area contributed by atoms with E-state index in [-0.39, 0.29) is 11.3 Å². The number of benzene rings is 2. The maximum atomic E-state index is 12.5. The average Bonchev–Trinajstić information content (AvgIpc) is 2.67. The van der Waals surface area contributed by atoms with Crippen LogP contribution in [-0.2, 0) is 14.8 Å². The Morgan fingerprint density at radius 1 is 1.17 bits per heavy atom. The smallest absolute Gasteiger partial charge is 0.336 e. The van der Waals surface area contributed by atoms with Crippen LogP contribution in [0.4, 0.5) is 5.69 Å². The zero-order chi connectivity index (χ0) is 21.6. The standard InChI is InChI=1S/C19H21N3O6S/c1-13(22(29(3,26)27)15-8-10-16(28-2)11-9-15)18(23)21-20-12-14-6-4-5-7-17(14)19(24)25/h4-13H,1-3H3,(H,21,23)(H,24,25)/b20-12-/t13-/m1/s1. The van der Waals surface area contributed by atoms with E-state index in [0.29, 0.717) is 11.3 Å². The third-order valence-corrected chi connectivity index (χ3v) is 5.23. The van der Waals surface area contributed by atoms with Crippen LogP contribution in [0.25, 0.3) is 0 Å². The largest absolute Gasteiger partial charge is 0.497 e. The van der Waals surface area contributed by atoms with Crippen molar-refractivity contribution in [1.29, 1.82) is 0 Å². The predicted octanol–water partition coefficient (Wildman–Crippen LogP) is 1.70. The third kappa shape index (κ3) is 5.55. The Balaban J connectivity index is 2.20. The second kappa shape index (κ2) is 9.20. The number of amides is 1. The summed E-state index contributed by atoms with van der Waals surface area (Å²) in [5, 5.41) is 12.9. The number of ether oxygens (including phenoxy) is 1. The first-order chi connectivity index (χ1) is 13.6. The highest BCUT2D eigenvalue weighted by Gasteiger charge is 2.29. The monoisotopic (exact) mass is 419 g/mol. The number of hydrogen-bond acceptors (Lipinski definition) is 6. The Hall–Kier alpha value is -3.40. The molecule has 0 saturated heterocycles. The number of hydrazone groups is 1. The molecule has 0 unspecified atom stereocenters. The number of methoxy groups -OCH3 is 1. The van der Waals surface area contributed by atoms with E-state index >= 15 is 0 Å². The van der Waals surface area contributed by atoms with Crippen molar-refractivity contribution in [1.82, 2.24) is 5.43 Å². The number of nitrogens with zero attached hydrogens (tertiary/aromatic N) is 2. The molecule has 2 N–H and O–H groups in total. The van der Waals surface area contributed by atoms with Gasteiger partial charge in [0.15, 0.2) is 0 Å². The molecular weight excluding hydrogens is 398 g/mol. The summed E-state index contributed by atoms with van der Waals surface area (Å²) >= 11 is 0. The molecule has 0 spiro atoms. The van der Waals surface area contributed by atoms with Gasteiger partial charge in [-0.3, -0.25) is 9.10 Å². The van der Waals surface area contributed by atoms with Crippen LogP contribution >= 0.6 is 0 Å². The Labute approximate surface area is 168 Å². The van der Waals surface area contributed by atoms with E-state index in [0.717, 1.165) is 10.6 Å². The summed E-state index contributed by atoms with van der Waals surface area (Å²) < 4.78 is 30.5. The second-order valence-corrected chi connectivity index (χ2v) is 7.92. The summed E-state index contributed by atoms with van der Waals surface area (Å²) in [6.07, 6.45) is 2.18. The molecule has 1 atom stereocenters. The summed E-state index contributed by atoms with van der Waals surface area (Å²) in [7, 11) is -2.29. The lowest BCUT2D eigenvalue weighted by molar-refractivity contribution is -0.121. The molecule has 1 amide bonds. The van der Waals surface area contributed by atoms with Gasteiger partial charge in [-0.2, -0.15) is 5.10 Å². The number of rotatable bonds is 8. The van der Waals surface area contributed by atoms with E-state index in [1.807, 2.05) is 0 Å². The molecule has 0 aliphatic carbocycles. The van der Waals surface area contributed by atoms with Gasteiger partial charge in [-0.05, 0) is 37.3 Å². The minimum Gasteiger partial charge on any atom is -0.497 e. The van der Waals surface area contributed by atoms with Crippen LogP contribution in [0.1, 0.15) is 22.8 Å². The van der Waals surface area contributed by atoms with E-state index < -0.39 is 27.9 Å². The van der Waals surface area contributed by atoms with Gasteiger partial charge in [0, 0.05) is 5.56 Å². The lowest BCUT2D eigenvalue weighted by Gasteiger charge is -2.27. The first-order valence-electron chi connectivity index (χ1n) is 8.44. The van der Waals surface area contributed by atoms with Gasteiger partial charge in [0.05, 0.1) is 30.8 Å². The summed E-state index contributed by atoms with van der Waals surface area (Å²) in [5.74, 6) is -1.27. The van der Waals surface area contributed by atoms with Crippen LogP contribution in [0.5, 0.6) is 5.75 Å². The number of carbonyl (C=O) groups excluding carboxylic acids is 1. The number of carbonyl (C=O) groups is 2. The second-order valence-electron chi connectivity index (χ2n) is 6.06. The number of sulfonamides is 1. The van der Waals surface area contributed by atoms with E-state index in [1.165, 1.54) is 44.5 Å². The highest BCUT2D eigenvalue weighted by Crippen LogP contribution is 2.23. The van der Waals surface area contributed by atoms with Crippen LogP contribution in [0.3, 0.4) is 0 Å². The fraction of sp³-hybridized carbons (Fsp3) is 0.211. The van der Waals surface area contributed by atoms with Gasteiger partial charge in [-0.1, -0.05) is 18.2 Å². The fourth-order valence-electron chi connectivity index (χ4n) is 2.60. The SMILES string of the molecule is COc1ccc(N([C@H](C)C(=O)N/N=C\c2ccccc2C(=O)O)S(C)(=O)=O)cc1.